The van der Waals surface area contributed by atoms with Gasteiger partial charge in [0.2, 0.25) is 0 Å². The lowest BCUT2D eigenvalue weighted by atomic mass is 9.92. The van der Waals surface area contributed by atoms with Crippen LogP contribution in [-0.4, -0.2) is 50.8 Å². The molecule has 1 N–H and O–H groups in total. The van der Waals surface area contributed by atoms with E-state index in [1.54, 1.807) is 0 Å². The van der Waals surface area contributed by atoms with Crippen LogP contribution in [-0.2, 0) is 4.74 Å². The molecule has 3 heteroatoms. The quantitative estimate of drug-likeness (QED) is 0.722. The number of hydrogen-bond donors (Lipinski definition) is 1. The van der Waals surface area contributed by atoms with Crippen molar-refractivity contribution in [1.82, 2.24) is 10.2 Å². The smallest absolute Gasteiger partial charge is 0.0698 e. The lowest BCUT2D eigenvalue weighted by Gasteiger charge is -2.31. The Bertz CT molecular complexity index is 201. The second-order valence-electron chi connectivity index (χ2n) is 6.36. The maximum Gasteiger partial charge on any atom is 0.0698 e. The third-order valence-corrected chi connectivity index (χ3v) is 3.45. The first-order valence-corrected chi connectivity index (χ1v) is 6.97. The van der Waals surface area contributed by atoms with Gasteiger partial charge in [-0.1, -0.05) is 20.8 Å². The number of nitrogens with one attached hydrogen (secondary N) is 1. The van der Waals surface area contributed by atoms with Gasteiger partial charge in [-0.3, -0.25) is 4.90 Å². The van der Waals surface area contributed by atoms with Gasteiger partial charge in [0.1, 0.15) is 0 Å². The SMILES string of the molecule is COC1CCCN(CCNCCC(C)(C)C)C1. The summed E-state index contributed by atoms with van der Waals surface area (Å²) < 4.78 is 5.43. The van der Waals surface area contributed by atoms with Crippen LogP contribution in [0.4, 0.5) is 0 Å². The van der Waals surface area contributed by atoms with E-state index >= 15 is 0 Å². The van der Waals surface area contributed by atoms with E-state index in [4.69, 9.17) is 4.74 Å². The minimum Gasteiger partial charge on any atom is -0.380 e. The third kappa shape index (κ3) is 7.02. The fraction of sp³-hybridized carbons (Fsp3) is 1.00. The number of hydrogen-bond acceptors (Lipinski definition) is 3. The van der Waals surface area contributed by atoms with Crippen LogP contribution in [0.3, 0.4) is 0 Å². The minimum atomic E-state index is 0.444. The van der Waals surface area contributed by atoms with Crippen molar-refractivity contribution in [3.63, 3.8) is 0 Å². The molecule has 1 atom stereocenters. The van der Waals surface area contributed by atoms with Crippen molar-refractivity contribution in [3.8, 4) is 0 Å². The second-order valence-corrected chi connectivity index (χ2v) is 6.36. The summed E-state index contributed by atoms with van der Waals surface area (Å²) >= 11 is 0. The molecule has 0 bridgehead atoms. The van der Waals surface area contributed by atoms with Crippen molar-refractivity contribution < 1.29 is 4.74 Å². The summed E-state index contributed by atoms with van der Waals surface area (Å²) in [6.45, 7) is 12.6. The van der Waals surface area contributed by atoms with Crippen molar-refractivity contribution in [2.24, 2.45) is 5.41 Å². The average molecular weight is 242 g/mol. The van der Waals surface area contributed by atoms with Crippen LogP contribution >= 0.6 is 0 Å². The fourth-order valence-corrected chi connectivity index (χ4v) is 2.23. The van der Waals surface area contributed by atoms with Gasteiger partial charge in [0.05, 0.1) is 6.10 Å². The van der Waals surface area contributed by atoms with Crippen molar-refractivity contribution in [1.29, 1.82) is 0 Å². The molecule has 0 aromatic rings. The lowest BCUT2D eigenvalue weighted by Crippen LogP contribution is -2.42. The highest BCUT2D eigenvalue weighted by Gasteiger charge is 2.18. The van der Waals surface area contributed by atoms with Gasteiger partial charge >= 0.3 is 0 Å². The first kappa shape index (κ1) is 14.9. The van der Waals surface area contributed by atoms with E-state index in [9.17, 15) is 0 Å². The number of likely N-dealkylation sites (tertiary alicyclic amines) is 1. The molecule has 1 unspecified atom stereocenters. The van der Waals surface area contributed by atoms with E-state index in [0.717, 1.165) is 26.2 Å². The van der Waals surface area contributed by atoms with E-state index < -0.39 is 0 Å². The normalized spacial score (nSPS) is 22.9. The van der Waals surface area contributed by atoms with Gasteiger partial charge in [0.15, 0.2) is 0 Å². The Kier molecular flexibility index (Phi) is 6.45. The Morgan fingerprint density at radius 1 is 1.29 bits per heavy atom. The Hall–Kier alpha value is -0.120. The molecule has 1 saturated heterocycles. The standard InChI is InChI=1S/C14H30N2O/c1-14(2,3)7-8-15-9-11-16-10-5-6-13(12-16)17-4/h13,15H,5-12H2,1-4H3. The van der Waals surface area contributed by atoms with E-state index in [1.165, 1.54) is 25.8 Å². The number of nitrogens with zero attached hydrogens (tertiary/aromatic N) is 1. The van der Waals surface area contributed by atoms with Crippen molar-refractivity contribution in [2.75, 3.05) is 39.8 Å². The molecule has 0 aromatic carbocycles. The van der Waals surface area contributed by atoms with E-state index in [0.29, 0.717) is 11.5 Å². The average Bonchev–Trinajstić information content (AvgIpc) is 2.27. The fourth-order valence-electron chi connectivity index (χ4n) is 2.23. The Morgan fingerprint density at radius 3 is 2.71 bits per heavy atom. The van der Waals surface area contributed by atoms with Crippen LogP contribution in [0.1, 0.15) is 40.0 Å². The molecule has 0 spiro atoms. The van der Waals surface area contributed by atoms with Crippen LogP contribution in [0.15, 0.2) is 0 Å². The summed E-state index contributed by atoms with van der Waals surface area (Å²) in [6.07, 6.45) is 4.21. The molecule has 1 rings (SSSR count). The zero-order valence-corrected chi connectivity index (χ0v) is 12.1. The summed E-state index contributed by atoms with van der Waals surface area (Å²) in [5.74, 6) is 0. The number of piperidine rings is 1. The van der Waals surface area contributed by atoms with E-state index in [1.807, 2.05) is 7.11 Å². The molecular formula is C14H30N2O. The third-order valence-electron chi connectivity index (χ3n) is 3.45. The predicted molar refractivity (Wildman–Crippen MR) is 73.4 cm³/mol. The highest BCUT2D eigenvalue weighted by molar-refractivity contribution is 4.73. The number of rotatable bonds is 6. The summed E-state index contributed by atoms with van der Waals surface area (Å²) in [7, 11) is 1.83. The molecule has 0 saturated carbocycles. The molecule has 1 heterocycles. The van der Waals surface area contributed by atoms with Gasteiger partial charge in [0, 0.05) is 26.7 Å². The molecule has 1 aliphatic rings. The molecule has 17 heavy (non-hydrogen) atoms. The summed E-state index contributed by atoms with van der Waals surface area (Å²) in [5.41, 5.74) is 0.444. The molecule has 0 amide bonds. The summed E-state index contributed by atoms with van der Waals surface area (Å²) in [4.78, 5) is 2.52. The van der Waals surface area contributed by atoms with Crippen LogP contribution in [0.5, 0.6) is 0 Å². The van der Waals surface area contributed by atoms with Crippen molar-refractivity contribution in [2.45, 2.75) is 46.1 Å². The molecule has 102 valence electrons. The largest absolute Gasteiger partial charge is 0.380 e. The van der Waals surface area contributed by atoms with Gasteiger partial charge in [0.25, 0.3) is 0 Å². The molecular weight excluding hydrogens is 212 g/mol. The maximum absolute atomic E-state index is 5.43. The van der Waals surface area contributed by atoms with E-state index in [-0.39, 0.29) is 0 Å². The number of ether oxygens (including phenoxy) is 1. The monoisotopic (exact) mass is 242 g/mol. The van der Waals surface area contributed by atoms with Crippen molar-refractivity contribution in [3.05, 3.63) is 0 Å². The maximum atomic E-state index is 5.43. The summed E-state index contributed by atoms with van der Waals surface area (Å²) in [5, 5.41) is 3.54. The number of methoxy groups -OCH3 is 1. The van der Waals surface area contributed by atoms with Crippen molar-refractivity contribution >= 4 is 0 Å². The van der Waals surface area contributed by atoms with Crippen LogP contribution in [0, 0.1) is 5.41 Å². The Morgan fingerprint density at radius 2 is 2.06 bits per heavy atom. The van der Waals surface area contributed by atoms with Crippen LogP contribution in [0.25, 0.3) is 0 Å². The first-order chi connectivity index (χ1) is 8.01. The highest BCUT2D eigenvalue weighted by atomic mass is 16.5. The molecule has 0 radical (unpaired) electrons. The minimum absolute atomic E-state index is 0.444. The molecule has 1 aliphatic heterocycles. The lowest BCUT2D eigenvalue weighted by molar-refractivity contribution is 0.0318. The molecule has 1 fully saturated rings. The van der Waals surface area contributed by atoms with E-state index in [2.05, 4.69) is 31.0 Å². The molecule has 0 aliphatic carbocycles. The van der Waals surface area contributed by atoms with Crippen LogP contribution in [0.2, 0.25) is 0 Å². The Balaban J connectivity index is 2.02. The Labute approximate surface area is 107 Å². The zero-order chi connectivity index (χ0) is 12.7. The van der Waals surface area contributed by atoms with Gasteiger partial charge in [-0.15, -0.1) is 0 Å². The second kappa shape index (κ2) is 7.34. The van der Waals surface area contributed by atoms with Gasteiger partial charge in [-0.2, -0.15) is 0 Å². The van der Waals surface area contributed by atoms with Gasteiger partial charge in [-0.25, -0.2) is 0 Å². The highest BCUT2D eigenvalue weighted by Crippen LogP contribution is 2.16. The predicted octanol–water partition coefficient (Wildman–Crippen LogP) is 2.12. The van der Waals surface area contributed by atoms with Gasteiger partial charge in [-0.05, 0) is 37.8 Å². The molecule has 0 aromatic heterocycles. The molecule has 3 nitrogen and oxygen atoms in total. The summed E-state index contributed by atoms with van der Waals surface area (Å²) in [6, 6.07) is 0. The topological polar surface area (TPSA) is 24.5 Å². The zero-order valence-electron chi connectivity index (χ0n) is 12.1. The van der Waals surface area contributed by atoms with Gasteiger partial charge < -0.3 is 10.1 Å². The first-order valence-electron chi connectivity index (χ1n) is 6.97. The van der Waals surface area contributed by atoms with Crippen LogP contribution < -0.4 is 5.32 Å².